The molecule has 1 fully saturated rings. The van der Waals surface area contributed by atoms with Gasteiger partial charge in [0.25, 0.3) is 0 Å². The zero-order valence-electron chi connectivity index (χ0n) is 16.9. The average molecular weight is 388 g/mol. The van der Waals surface area contributed by atoms with Gasteiger partial charge in [-0.1, -0.05) is 84.9 Å². The van der Waals surface area contributed by atoms with Crippen molar-refractivity contribution < 1.29 is 9.31 Å². The summed E-state index contributed by atoms with van der Waals surface area (Å²) in [6.45, 7) is 8.38. The quantitative estimate of drug-likeness (QED) is 0.501. The Labute approximate surface area is 169 Å². The van der Waals surface area contributed by atoms with Gasteiger partial charge in [0, 0.05) is 0 Å². The summed E-state index contributed by atoms with van der Waals surface area (Å²) in [6.07, 6.45) is 0. The van der Waals surface area contributed by atoms with Gasteiger partial charge in [0.15, 0.2) is 0 Å². The van der Waals surface area contributed by atoms with E-state index < -0.39 is 7.92 Å². The molecule has 0 amide bonds. The summed E-state index contributed by atoms with van der Waals surface area (Å²) in [5.41, 5.74) is 0.407. The lowest BCUT2D eigenvalue weighted by molar-refractivity contribution is 0.00578. The molecule has 0 unspecified atom stereocenters. The van der Waals surface area contributed by atoms with Crippen LogP contribution in [0.25, 0.3) is 0 Å². The lowest BCUT2D eigenvalue weighted by Gasteiger charge is -2.32. The highest BCUT2D eigenvalue weighted by molar-refractivity contribution is 7.79. The fourth-order valence-electron chi connectivity index (χ4n) is 3.39. The summed E-state index contributed by atoms with van der Waals surface area (Å²) in [7, 11) is -0.975. The molecule has 0 N–H and O–H groups in total. The third kappa shape index (κ3) is 3.67. The van der Waals surface area contributed by atoms with Crippen LogP contribution in [-0.2, 0) is 9.31 Å². The molecule has 1 aliphatic rings. The Kier molecular flexibility index (Phi) is 5.18. The minimum atomic E-state index is -0.635. The van der Waals surface area contributed by atoms with E-state index in [9.17, 15) is 0 Å². The molecule has 0 bridgehead atoms. The Balaban J connectivity index is 1.74. The van der Waals surface area contributed by atoms with Gasteiger partial charge in [-0.05, 0) is 57.0 Å². The molecular formula is C24H26BO2P. The van der Waals surface area contributed by atoms with Crippen molar-refractivity contribution >= 4 is 36.4 Å². The van der Waals surface area contributed by atoms with Crippen LogP contribution in [0.2, 0.25) is 0 Å². The first kappa shape index (κ1) is 19.4. The van der Waals surface area contributed by atoms with Crippen molar-refractivity contribution in [2.24, 2.45) is 0 Å². The molecule has 0 aromatic heterocycles. The van der Waals surface area contributed by atoms with Crippen LogP contribution in [0.3, 0.4) is 0 Å². The molecular weight excluding hydrogens is 362 g/mol. The maximum atomic E-state index is 6.28. The smallest absolute Gasteiger partial charge is 0.399 e. The lowest BCUT2D eigenvalue weighted by atomic mass is 9.79. The van der Waals surface area contributed by atoms with Crippen LogP contribution in [0.4, 0.5) is 0 Å². The summed E-state index contributed by atoms with van der Waals surface area (Å²) in [6, 6.07) is 30.2. The van der Waals surface area contributed by atoms with Crippen LogP contribution < -0.4 is 21.4 Å². The highest BCUT2D eigenvalue weighted by atomic mass is 31.1. The molecule has 4 heteroatoms. The highest BCUT2D eigenvalue weighted by Crippen LogP contribution is 2.37. The van der Waals surface area contributed by atoms with Crippen molar-refractivity contribution in [3.63, 3.8) is 0 Å². The van der Waals surface area contributed by atoms with Crippen molar-refractivity contribution in [3.8, 4) is 0 Å². The summed E-state index contributed by atoms with van der Waals surface area (Å²) >= 11 is 0. The van der Waals surface area contributed by atoms with Crippen LogP contribution in [0.1, 0.15) is 27.7 Å². The van der Waals surface area contributed by atoms with E-state index in [-0.39, 0.29) is 18.3 Å². The van der Waals surface area contributed by atoms with Gasteiger partial charge >= 0.3 is 7.12 Å². The fourth-order valence-corrected chi connectivity index (χ4v) is 5.74. The molecule has 0 radical (unpaired) electrons. The van der Waals surface area contributed by atoms with Gasteiger partial charge in [-0.2, -0.15) is 0 Å². The Morgan fingerprint density at radius 1 is 0.607 bits per heavy atom. The summed E-state index contributed by atoms with van der Waals surface area (Å²) in [5.74, 6) is 0. The molecule has 0 saturated carbocycles. The molecule has 1 heterocycles. The van der Waals surface area contributed by atoms with E-state index in [0.717, 1.165) is 5.46 Å². The van der Waals surface area contributed by atoms with E-state index >= 15 is 0 Å². The monoisotopic (exact) mass is 388 g/mol. The minimum Gasteiger partial charge on any atom is -0.399 e. The van der Waals surface area contributed by atoms with Crippen molar-refractivity contribution in [2.45, 2.75) is 38.9 Å². The van der Waals surface area contributed by atoms with E-state index in [1.807, 2.05) is 0 Å². The Morgan fingerprint density at radius 3 is 1.57 bits per heavy atom. The summed E-state index contributed by atoms with van der Waals surface area (Å²) in [5, 5.41) is 3.99. The number of rotatable bonds is 4. The van der Waals surface area contributed by atoms with Crippen molar-refractivity contribution in [2.75, 3.05) is 0 Å². The second-order valence-electron chi connectivity index (χ2n) is 8.19. The third-order valence-corrected chi connectivity index (χ3v) is 8.11. The molecule has 3 aromatic rings. The molecule has 0 atom stereocenters. The fraction of sp³-hybridized carbons (Fsp3) is 0.250. The van der Waals surface area contributed by atoms with Gasteiger partial charge in [0.2, 0.25) is 0 Å². The number of hydrogen-bond donors (Lipinski definition) is 0. The van der Waals surface area contributed by atoms with Crippen LogP contribution in [0, 0.1) is 0 Å². The largest absolute Gasteiger partial charge is 0.494 e. The topological polar surface area (TPSA) is 18.5 Å². The molecule has 3 aromatic carbocycles. The van der Waals surface area contributed by atoms with Crippen molar-refractivity contribution in [1.29, 1.82) is 0 Å². The summed E-state index contributed by atoms with van der Waals surface area (Å²) in [4.78, 5) is 0. The van der Waals surface area contributed by atoms with Gasteiger partial charge in [0.05, 0.1) is 11.2 Å². The predicted molar refractivity (Wildman–Crippen MR) is 121 cm³/mol. The van der Waals surface area contributed by atoms with E-state index in [1.54, 1.807) is 0 Å². The standard InChI is InChI=1S/C24H26BO2P/c1-23(2)24(3,4)27-25(26-23)19-12-11-17-22(18-19)28(20-13-7-5-8-14-20)21-15-9-6-10-16-21/h5-18H,1-4H3. The molecule has 0 spiro atoms. The van der Waals surface area contributed by atoms with E-state index in [2.05, 4.69) is 113 Å². The van der Waals surface area contributed by atoms with Crippen LogP contribution in [0.5, 0.6) is 0 Å². The van der Waals surface area contributed by atoms with Gasteiger partial charge < -0.3 is 9.31 Å². The maximum absolute atomic E-state index is 6.28. The van der Waals surface area contributed by atoms with E-state index in [4.69, 9.17) is 9.31 Å². The second-order valence-corrected chi connectivity index (χ2v) is 10.4. The van der Waals surface area contributed by atoms with Gasteiger partial charge in [-0.25, -0.2) is 0 Å². The van der Waals surface area contributed by atoms with Crippen molar-refractivity contribution in [1.82, 2.24) is 0 Å². The molecule has 28 heavy (non-hydrogen) atoms. The predicted octanol–water partition coefficient (Wildman–Crippen LogP) is 3.74. The zero-order chi connectivity index (χ0) is 19.8. The zero-order valence-corrected chi connectivity index (χ0v) is 17.8. The van der Waals surface area contributed by atoms with Crippen LogP contribution in [0.15, 0.2) is 84.9 Å². The highest BCUT2D eigenvalue weighted by Gasteiger charge is 2.51. The first-order valence-electron chi connectivity index (χ1n) is 9.73. The normalized spacial score (nSPS) is 17.8. The first-order valence-corrected chi connectivity index (χ1v) is 11.1. The van der Waals surface area contributed by atoms with E-state index in [1.165, 1.54) is 15.9 Å². The second kappa shape index (κ2) is 7.48. The molecule has 2 nitrogen and oxygen atoms in total. The Hall–Kier alpha value is -1.93. The SMILES string of the molecule is CC1(C)OB(c2cccc(P(c3ccccc3)c3ccccc3)c2)OC1(C)C. The minimum absolute atomic E-state index is 0.336. The molecule has 142 valence electrons. The molecule has 4 rings (SSSR count). The van der Waals surface area contributed by atoms with Crippen LogP contribution in [-0.4, -0.2) is 18.3 Å². The van der Waals surface area contributed by atoms with Crippen LogP contribution >= 0.6 is 7.92 Å². The third-order valence-electron chi connectivity index (χ3n) is 5.68. The maximum Gasteiger partial charge on any atom is 0.494 e. The average Bonchev–Trinajstić information content (AvgIpc) is 2.91. The first-order chi connectivity index (χ1) is 13.4. The number of benzene rings is 3. The Morgan fingerprint density at radius 2 is 1.07 bits per heavy atom. The Bertz CT molecular complexity index is 886. The lowest BCUT2D eigenvalue weighted by Crippen LogP contribution is -2.41. The molecule has 1 saturated heterocycles. The molecule has 1 aliphatic heterocycles. The van der Waals surface area contributed by atoms with Gasteiger partial charge in [-0.3, -0.25) is 0 Å². The number of hydrogen-bond acceptors (Lipinski definition) is 2. The molecule has 0 aliphatic carbocycles. The van der Waals surface area contributed by atoms with E-state index in [0.29, 0.717) is 0 Å². The van der Waals surface area contributed by atoms with Crippen molar-refractivity contribution in [3.05, 3.63) is 84.9 Å². The van der Waals surface area contributed by atoms with Gasteiger partial charge in [0.1, 0.15) is 0 Å². The van der Waals surface area contributed by atoms with Gasteiger partial charge in [-0.15, -0.1) is 0 Å². The summed E-state index contributed by atoms with van der Waals surface area (Å²) < 4.78 is 12.6.